The number of hydrogen-bond donors (Lipinski definition) is 0. The van der Waals surface area contributed by atoms with E-state index < -0.39 is 0 Å². The van der Waals surface area contributed by atoms with Gasteiger partial charge in [-0.15, -0.1) is 0 Å². The van der Waals surface area contributed by atoms with Gasteiger partial charge in [-0.05, 0) is 25.5 Å². The highest BCUT2D eigenvalue weighted by molar-refractivity contribution is 5.82. The summed E-state index contributed by atoms with van der Waals surface area (Å²) in [6, 6.07) is 7.85. The van der Waals surface area contributed by atoms with E-state index in [2.05, 4.69) is 0 Å². The first kappa shape index (κ1) is 11.0. The minimum absolute atomic E-state index is 0.0983. The molecule has 3 heteroatoms. The first-order chi connectivity index (χ1) is 7.76. The Bertz CT molecular complexity index is 360. The lowest BCUT2D eigenvalue weighted by atomic mass is 10.1. The van der Waals surface area contributed by atoms with Crippen LogP contribution in [0.5, 0.6) is 5.75 Å². The zero-order valence-corrected chi connectivity index (χ0v) is 9.77. The van der Waals surface area contributed by atoms with E-state index in [1.165, 1.54) is 0 Å². The van der Waals surface area contributed by atoms with Crippen LogP contribution in [0, 0.1) is 0 Å². The molecule has 1 aromatic carbocycles. The Morgan fingerprint density at radius 3 is 2.69 bits per heavy atom. The van der Waals surface area contributed by atoms with Crippen LogP contribution in [0.3, 0.4) is 0 Å². The summed E-state index contributed by atoms with van der Waals surface area (Å²) >= 11 is 0. The van der Waals surface area contributed by atoms with Crippen LogP contribution in [0.4, 0.5) is 0 Å². The Labute approximate surface area is 96.0 Å². The molecule has 1 unspecified atom stereocenters. The number of carbonyl (C=O) groups is 1. The molecule has 0 fully saturated rings. The van der Waals surface area contributed by atoms with Gasteiger partial charge in [-0.3, -0.25) is 4.79 Å². The van der Waals surface area contributed by atoms with Crippen LogP contribution in [0.1, 0.15) is 19.4 Å². The van der Waals surface area contributed by atoms with Gasteiger partial charge in [0.15, 0.2) is 6.10 Å². The molecule has 0 spiro atoms. The van der Waals surface area contributed by atoms with Crippen molar-refractivity contribution in [2.45, 2.75) is 26.4 Å². The van der Waals surface area contributed by atoms with Crippen LogP contribution in [0.2, 0.25) is 0 Å². The number of amides is 1. The van der Waals surface area contributed by atoms with E-state index in [-0.39, 0.29) is 12.0 Å². The summed E-state index contributed by atoms with van der Waals surface area (Å²) < 4.78 is 5.66. The third kappa shape index (κ3) is 1.90. The van der Waals surface area contributed by atoms with Crippen LogP contribution in [0.15, 0.2) is 24.3 Å². The van der Waals surface area contributed by atoms with Gasteiger partial charge in [0.1, 0.15) is 5.75 Å². The van der Waals surface area contributed by atoms with E-state index >= 15 is 0 Å². The Hall–Kier alpha value is -1.51. The Kier molecular flexibility index (Phi) is 3.13. The molecule has 0 aliphatic carbocycles. The highest BCUT2D eigenvalue weighted by atomic mass is 16.5. The SMILES string of the molecule is CCN(CC)C(=O)C1Cc2ccccc2O1. The van der Waals surface area contributed by atoms with Crippen molar-refractivity contribution in [1.29, 1.82) is 0 Å². The molecule has 0 saturated carbocycles. The molecular weight excluding hydrogens is 202 g/mol. The number of hydrogen-bond acceptors (Lipinski definition) is 2. The summed E-state index contributed by atoms with van der Waals surface area (Å²) in [7, 11) is 0. The number of rotatable bonds is 3. The summed E-state index contributed by atoms with van der Waals surface area (Å²) in [6.07, 6.45) is 0.378. The van der Waals surface area contributed by atoms with E-state index in [1.54, 1.807) is 0 Å². The smallest absolute Gasteiger partial charge is 0.263 e. The number of nitrogens with zero attached hydrogens (tertiary/aromatic N) is 1. The molecule has 0 N–H and O–H groups in total. The number of benzene rings is 1. The number of likely N-dealkylation sites (N-methyl/N-ethyl adjacent to an activating group) is 1. The second-order valence-electron chi connectivity index (χ2n) is 3.93. The molecular formula is C13H17NO2. The van der Waals surface area contributed by atoms with Gasteiger partial charge >= 0.3 is 0 Å². The largest absolute Gasteiger partial charge is 0.480 e. The second-order valence-corrected chi connectivity index (χ2v) is 3.93. The molecule has 86 valence electrons. The summed E-state index contributed by atoms with van der Waals surface area (Å²) in [5.41, 5.74) is 1.13. The second kappa shape index (κ2) is 4.56. The van der Waals surface area contributed by atoms with Crippen LogP contribution in [-0.4, -0.2) is 30.0 Å². The molecule has 0 bridgehead atoms. The molecule has 1 aromatic rings. The van der Waals surface area contributed by atoms with Gasteiger partial charge in [0.25, 0.3) is 5.91 Å². The van der Waals surface area contributed by atoms with Crippen LogP contribution >= 0.6 is 0 Å². The first-order valence-electron chi connectivity index (χ1n) is 5.79. The summed E-state index contributed by atoms with van der Waals surface area (Å²) in [5.74, 6) is 0.953. The molecule has 2 rings (SSSR count). The van der Waals surface area contributed by atoms with E-state index in [4.69, 9.17) is 4.74 Å². The van der Waals surface area contributed by atoms with Gasteiger partial charge in [-0.1, -0.05) is 18.2 Å². The predicted molar refractivity (Wildman–Crippen MR) is 62.5 cm³/mol. The van der Waals surface area contributed by atoms with Crippen molar-refractivity contribution in [3.63, 3.8) is 0 Å². The van der Waals surface area contributed by atoms with Crippen molar-refractivity contribution in [2.75, 3.05) is 13.1 Å². The topological polar surface area (TPSA) is 29.5 Å². The maximum absolute atomic E-state index is 12.1. The summed E-state index contributed by atoms with van der Waals surface area (Å²) in [4.78, 5) is 13.9. The van der Waals surface area contributed by atoms with E-state index in [9.17, 15) is 4.79 Å². The molecule has 0 aromatic heterocycles. The lowest BCUT2D eigenvalue weighted by Crippen LogP contribution is -2.41. The molecule has 1 amide bonds. The van der Waals surface area contributed by atoms with Crippen molar-refractivity contribution >= 4 is 5.91 Å². The molecule has 16 heavy (non-hydrogen) atoms. The third-order valence-electron chi connectivity index (χ3n) is 3.00. The molecule has 1 aliphatic heterocycles. The minimum atomic E-state index is -0.322. The molecule has 1 heterocycles. The lowest BCUT2D eigenvalue weighted by Gasteiger charge is -2.22. The lowest BCUT2D eigenvalue weighted by molar-refractivity contribution is -0.137. The van der Waals surface area contributed by atoms with Crippen LogP contribution < -0.4 is 4.74 Å². The van der Waals surface area contributed by atoms with Crippen molar-refractivity contribution in [3.8, 4) is 5.75 Å². The highest BCUT2D eigenvalue weighted by Gasteiger charge is 2.30. The van der Waals surface area contributed by atoms with E-state index in [1.807, 2.05) is 43.0 Å². The predicted octanol–water partition coefficient (Wildman–Crippen LogP) is 1.86. The van der Waals surface area contributed by atoms with Gasteiger partial charge in [0.2, 0.25) is 0 Å². The maximum Gasteiger partial charge on any atom is 0.263 e. The number of para-hydroxylation sites is 1. The maximum atomic E-state index is 12.1. The van der Waals surface area contributed by atoms with Gasteiger partial charge in [-0.2, -0.15) is 0 Å². The monoisotopic (exact) mass is 219 g/mol. The number of carbonyl (C=O) groups excluding carboxylic acids is 1. The van der Waals surface area contributed by atoms with Gasteiger partial charge in [0.05, 0.1) is 0 Å². The van der Waals surface area contributed by atoms with Crippen LogP contribution in [0.25, 0.3) is 0 Å². The molecule has 1 aliphatic rings. The normalized spacial score (nSPS) is 17.8. The fraction of sp³-hybridized carbons (Fsp3) is 0.462. The zero-order valence-electron chi connectivity index (χ0n) is 9.77. The van der Waals surface area contributed by atoms with Crippen molar-refractivity contribution in [2.24, 2.45) is 0 Å². The van der Waals surface area contributed by atoms with Gasteiger partial charge in [0, 0.05) is 19.5 Å². The molecule has 0 saturated heterocycles. The quantitative estimate of drug-likeness (QED) is 0.776. The standard InChI is InChI=1S/C13H17NO2/c1-3-14(4-2)13(15)12-9-10-7-5-6-8-11(10)16-12/h5-8,12H,3-4,9H2,1-2H3. The van der Waals surface area contributed by atoms with E-state index in [0.717, 1.165) is 24.4 Å². The van der Waals surface area contributed by atoms with Crippen LogP contribution in [-0.2, 0) is 11.2 Å². The third-order valence-corrected chi connectivity index (χ3v) is 3.00. The number of fused-ring (bicyclic) bond motifs is 1. The Morgan fingerprint density at radius 2 is 2.06 bits per heavy atom. The summed E-state index contributed by atoms with van der Waals surface area (Å²) in [6.45, 7) is 5.46. The zero-order chi connectivity index (χ0) is 11.5. The highest BCUT2D eigenvalue weighted by Crippen LogP contribution is 2.28. The van der Waals surface area contributed by atoms with Crippen molar-refractivity contribution in [3.05, 3.63) is 29.8 Å². The Balaban J connectivity index is 2.08. The summed E-state index contributed by atoms with van der Waals surface area (Å²) in [5, 5.41) is 0. The van der Waals surface area contributed by atoms with E-state index in [0.29, 0.717) is 6.42 Å². The average molecular weight is 219 g/mol. The minimum Gasteiger partial charge on any atom is -0.480 e. The molecule has 0 radical (unpaired) electrons. The average Bonchev–Trinajstić information content (AvgIpc) is 2.74. The molecule has 1 atom stereocenters. The van der Waals surface area contributed by atoms with Crippen molar-refractivity contribution in [1.82, 2.24) is 4.90 Å². The fourth-order valence-electron chi connectivity index (χ4n) is 2.06. The first-order valence-corrected chi connectivity index (χ1v) is 5.79. The fourth-order valence-corrected chi connectivity index (χ4v) is 2.06. The molecule has 3 nitrogen and oxygen atoms in total. The van der Waals surface area contributed by atoms with Gasteiger partial charge < -0.3 is 9.64 Å². The van der Waals surface area contributed by atoms with Crippen molar-refractivity contribution < 1.29 is 9.53 Å². The Morgan fingerprint density at radius 1 is 1.38 bits per heavy atom. The number of ether oxygens (including phenoxy) is 1. The van der Waals surface area contributed by atoms with Gasteiger partial charge in [-0.25, -0.2) is 0 Å².